The highest BCUT2D eigenvalue weighted by molar-refractivity contribution is 6.31. The number of hydrogen-bond donors (Lipinski definition) is 1. The van der Waals surface area contributed by atoms with E-state index in [0.717, 1.165) is 30.7 Å². The molecule has 0 spiro atoms. The van der Waals surface area contributed by atoms with Crippen molar-refractivity contribution in [1.82, 2.24) is 5.32 Å². The lowest BCUT2D eigenvalue weighted by atomic mass is 10.1. The zero-order valence-electron chi connectivity index (χ0n) is 13.2. The molecule has 0 aromatic heterocycles. The second kappa shape index (κ2) is 6.89. The Morgan fingerprint density at radius 3 is 3.00 bits per heavy atom. The minimum Gasteiger partial charge on any atom is -0.376 e. The average Bonchev–Trinajstić information content (AvgIpc) is 3.17. The van der Waals surface area contributed by atoms with E-state index < -0.39 is 0 Å². The number of nitrogens with one attached hydrogen (secondary N) is 1. The van der Waals surface area contributed by atoms with Crippen LogP contribution in [0.5, 0.6) is 0 Å². The van der Waals surface area contributed by atoms with Gasteiger partial charge in [-0.25, -0.2) is 0 Å². The van der Waals surface area contributed by atoms with Gasteiger partial charge in [0, 0.05) is 36.8 Å². The number of benzene rings is 1. The van der Waals surface area contributed by atoms with Gasteiger partial charge in [0.1, 0.15) is 0 Å². The topological polar surface area (TPSA) is 58.6 Å². The molecule has 2 aliphatic rings. The van der Waals surface area contributed by atoms with E-state index in [4.69, 9.17) is 16.3 Å². The quantitative estimate of drug-likeness (QED) is 0.917. The molecule has 124 valence electrons. The van der Waals surface area contributed by atoms with Gasteiger partial charge in [-0.05, 0) is 37.5 Å². The molecule has 0 unspecified atom stereocenters. The number of carbonyl (C=O) groups excluding carboxylic acids is 2. The first kappa shape index (κ1) is 16.3. The van der Waals surface area contributed by atoms with Crippen LogP contribution in [0.15, 0.2) is 18.2 Å². The number of nitrogens with zero attached hydrogens (tertiary/aromatic N) is 1. The molecule has 2 atom stereocenters. The highest BCUT2D eigenvalue weighted by Crippen LogP contribution is 2.28. The summed E-state index contributed by atoms with van der Waals surface area (Å²) in [6.45, 7) is 3.61. The third kappa shape index (κ3) is 3.67. The SMILES string of the molecule is Cc1ccc(N2C[C@@H](C(=O)NC[C@@H]3CCCO3)CC2=O)cc1Cl. The van der Waals surface area contributed by atoms with Crippen molar-refractivity contribution >= 4 is 29.1 Å². The molecule has 5 nitrogen and oxygen atoms in total. The summed E-state index contributed by atoms with van der Waals surface area (Å²) in [4.78, 5) is 26.1. The fraction of sp³-hybridized carbons (Fsp3) is 0.529. The number of ether oxygens (including phenoxy) is 1. The van der Waals surface area contributed by atoms with Gasteiger partial charge < -0.3 is 15.0 Å². The minimum absolute atomic E-state index is 0.0396. The molecule has 1 N–H and O–H groups in total. The Kier molecular flexibility index (Phi) is 4.87. The van der Waals surface area contributed by atoms with Crippen LogP contribution in [0, 0.1) is 12.8 Å². The summed E-state index contributed by atoms with van der Waals surface area (Å²) >= 11 is 6.13. The van der Waals surface area contributed by atoms with Gasteiger partial charge in [0.25, 0.3) is 0 Å². The predicted molar refractivity (Wildman–Crippen MR) is 88.6 cm³/mol. The maximum atomic E-state index is 12.3. The Labute approximate surface area is 140 Å². The van der Waals surface area contributed by atoms with Crippen molar-refractivity contribution in [2.45, 2.75) is 32.3 Å². The van der Waals surface area contributed by atoms with Gasteiger partial charge in [-0.2, -0.15) is 0 Å². The van der Waals surface area contributed by atoms with Crippen molar-refractivity contribution in [1.29, 1.82) is 0 Å². The molecule has 2 fully saturated rings. The normalized spacial score (nSPS) is 24.3. The lowest BCUT2D eigenvalue weighted by molar-refractivity contribution is -0.126. The van der Waals surface area contributed by atoms with Crippen molar-refractivity contribution in [2.75, 3.05) is 24.6 Å². The first-order chi connectivity index (χ1) is 11.0. The van der Waals surface area contributed by atoms with E-state index in [2.05, 4.69) is 5.32 Å². The number of rotatable bonds is 4. The van der Waals surface area contributed by atoms with E-state index in [0.29, 0.717) is 18.1 Å². The zero-order chi connectivity index (χ0) is 16.4. The number of amides is 2. The number of carbonyl (C=O) groups is 2. The Balaban J connectivity index is 1.59. The molecular formula is C17H21ClN2O3. The van der Waals surface area contributed by atoms with Crippen LogP contribution in [-0.2, 0) is 14.3 Å². The molecule has 2 saturated heterocycles. The highest BCUT2D eigenvalue weighted by Gasteiger charge is 2.35. The van der Waals surface area contributed by atoms with Crippen LogP contribution in [0.25, 0.3) is 0 Å². The Bertz CT molecular complexity index is 614. The molecule has 0 radical (unpaired) electrons. The van der Waals surface area contributed by atoms with Gasteiger partial charge in [0.05, 0.1) is 12.0 Å². The van der Waals surface area contributed by atoms with E-state index in [1.807, 2.05) is 19.1 Å². The third-order valence-electron chi connectivity index (χ3n) is 4.49. The smallest absolute Gasteiger partial charge is 0.227 e. The summed E-state index contributed by atoms with van der Waals surface area (Å²) in [6, 6.07) is 5.53. The predicted octanol–water partition coefficient (Wildman–Crippen LogP) is 2.30. The second-order valence-corrected chi connectivity index (χ2v) is 6.63. The summed E-state index contributed by atoms with van der Waals surface area (Å²) in [5.41, 5.74) is 1.72. The highest BCUT2D eigenvalue weighted by atomic mass is 35.5. The van der Waals surface area contributed by atoms with E-state index >= 15 is 0 Å². The summed E-state index contributed by atoms with van der Waals surface area (Å²) in [6.07, 6.45) is 2.38. The molecule has 0 aliphatic carbocycles. The maximum absolute atomic E-state index is 12.3. The fourth-order valence-corrected chi connectivity index (χ4v) is 3.22. The van der Waals surface area contributed by atoms with Crippen molar-refractivity contribution in [3.8, 4) is 0 Å². The van der Waals surface area contributed by atoms with Crippen LogP contribution in [0.4, 0.5) is 5.69 Å². The number of aryl methyl sites for hydroxylation is 1. The van der Waals surface area contributed by atoms with Crippen LogP contribution in [-0.4, -0.2) is 37.6 Å². The molecule has 23 heavy (non-hydrogen) atoms. The molecular weight excluding hydrogens is 316 g/mol. The number of halogens is 1. The Morgan fingerprint density at radius 2 is 2.30 bits per heavy atom. The van der Waals surface area contributed by atoms with Crippen LogP contribution in [0.2, 0.25) is 5.02 Å². The molecule has 0 saturated carbocycles. The lowest BCUT2D eigenvalue weighted by Gasteiger charge is -2.18. The molecule has 2 heterocycles. The van der Waals surface area contributed by atoms with Crippen LogP contribution < -0.4 is 10.2 Å². The minimum atomic E-state index is -0.316. The molecule has 2 aliphatic heterocycles. The van der Waals surface area contributed by atoms with Crippen LogP contribution in [0.1, 0.15) is 24.8 Å². The summed E-state index contributed by atoms with van der Waals surface area (Å²) in [7, 11) is 0. The average molecular weight is 337 g/mol. The zero-order valence-corrected chi connectivity index (χ0v) is 13.9. The monoisotopic (exact) mass is 336 g/mol. The van der Waals surface area contributed by atoms with Crippen LogP contribution >= 0.6 is 11.6 Å². The van der Waals surface area contributed by atoms with Crippen molar-refractivity contribution < 1.29 is 14.3 Å². The van der Waals surface area contributed by atoms with E-state index in [-0.39, 0.29) is 30.3 Å². The molecule has 3 rings (SSSR count). The van der Waals surface area contributed by atoms with Crippen molar-refractivity contribution in [2.24, 2.45) is 5.92 Å². The molecule has 2 amide bonds. The van der Waals surface area contributed by atoms with E-state index in [1.54, 1.807) is 11.0 Å². The standard InChI is InChI=1S/C17H21ClN2O3/c1-11-4-5-13(8-15(11)18)20-10-12(7-16(20)21)17(22)19-9-14-3-2-6-23-14/h4-5,8,12,14H,2-3,6-7,9-10H2,1H3,(H,19,22)/t12-,14-/m0/s1. The van der Waals surface area contributed by atoms with Crippen LogP contribution in [0.3, 0.4) is 0 Å². The number of anilines is 1. The Hall–Kier alpha value is -1.59. The fourth-order valence-electron chi connectivity index (χ4n) is 3.05. The lowest BCUT2D eigenvalue weighted by Crippen LogP contribution is -2.37. The van der Waals surface area contributed by atoms with Crippen molar-refractivity contribution in [3.63, 3.8) is 0 Å². The van der Waals surface area contributed by atoms with Gasteiger partial charge >= 0.3 is 0 Å². The molecule has 1 aromatic carbocycles. The molecule has 0 bridgehead atoms. The maximum Gasteiger partial charge on any atom is 0.227 e. The largest absolute Gasteiger partial charge is 0.376 e. The number of hydrogen-bond acceptors (Lipinski definition) is 3. The molecule has 1 aromatic rings. The summed E-state index contributed by atoms with van der Waals surface area (Å²) in [5.74, 6) is -0.430. The van der Waals surface area contributed by atoms with Crippen molar-refractivity contribution in [3.05, 3.63) is 28.8 Å². The summed E-state index contributed by atoms with van der Waals surface area (Å²) in [5, 5.41) is 3.54. The van der Waals surface area contributed by atoms with E-state index in [1.165, 1.54) is 0 Å². The Morgan fingerprint density at radius 1 is 1.48 bits per heavy atom. The van der Waals surface area contributed by atoms with Gasteiger partial charge in [-0.15, -0.1) is 0 Å². The summed E-state index contributed by atoms with van der Waals surface area (Å²) < 4.78 is 5.50. The second-order valence-electron chi connectivity index (χ2n) is 6.22. The first-order valence-electron chi connectivity index (χ1n) is 8.00. The third-order valence-corrected chi connectivity index (χ3v) is 4.90. The van der Waals surface area contributed by atoms with Gasteiger partial charge in [0.15, 0.2) is 0 Å². The van der Waals surface area contributed by atoms with Gasteiger partial charge in [-0.1, -0.05) is 17.7 Å². The molecule has 6 heteroatoms. The van der Waals surface area contributed by atoms with Gasteiger partial charge in [0.2, 0.25) is 11.8 Å². The van der Waals surface area contributed by atoms with E-state index in [9.17, 15) is 9.59 Å². The first-order valence-corrected chi connectivity index (χ1v) is 8.38. The van der Waals surface area contributed by atoms with Gasteiger partial charge in [-0.3, -0.25) is 9.59 Å².